The van der Waals surface area contributed by atoms with E-state index in [2.05, 4.69) is 10.0 Å². The predicted molar refractivity (Wildman–Crippen MR) is 88.5 cm³/mol. The zero-order valence-electron chi connectivity index (χ0n) is 13.3. The molecular formula is C18H18FN3O2. The standard InChI is InChI=1S/C18H18FN3O2/c1-2-12(23)10-14-13-5-3-4-6-16(13)24-17-8-7-11(19)9-15(17)18(14)21-22-20/h3-9,12,14,18,23H,2,10H2,1H3/t12-,14+,18-/m0/s1. The first-order valence-electron chi connectivity index (χ1n) is 7.92. The average Bonchev–Trinajstić information content (AvgIpc) is 2.71. The van der Waals surface area contributed by atoms with Crippen molar-refractivity contribution in [2.45, 2.75) is 37.8 Å². The summed E-state index contributed by atoms with van der Waals surface area (Å²) in [6.07, 6.45) is 0.434. The van der Waals surface area contributed by atoms with Crippen molar-refractivity contribution >= 4 is 0 Å². The lowest BCUT2D eigenvalue weighted by molar-refractivity contribution is 0.146. The van der Waals surface area contributed by atoms with Crippen molar-refractivity contribution in [3.63, 3.8) is 0 Å². The summed E-state index contributed by atoms with van der Waals surface area (Å²) >= 11 is 0. The highest BCUT2D eigenvalue weighted by atomic mass is 19.1. The molecule has 0 unspecified atom stereocenters. The second-order valence-electron chi connectivity index (χ2n) is 5.88. The van der Waals surface area contributed by atoms with Crippen LogP contribution in [0.1, 0.15) is 42.9 Å². The van der Waals surface area contributed by atoms with Gasteiger partial charge in [-0.2, -0.15) is 0 Å². The highest BCUT2D eigenvalue weighted by Gasteiger charge is 2.33. The van der Waals surface area contributed by atoms with E-state index in [1.165, 1.54) is 12.1 Å². The Morgan fingerprint density at radius 2 is 2.00 bits per heavy atom. The largest absolute Gasteiger partial charge is 0.457 e. The van der Waals surface area contributed by atoms with Crippen molar-refractivity contribution in [2.75, 3.05) is 0 Å². The van der Waals surface area contributed by atoms with Crippen molar-refractivity contribution in [2.24, 2.45) is 5.11 Å². The van der Waals surface area contributed by atoms with Crippen LogP contribution in [0.25, 0.3) is 10.4 Å². The summed E-state index contributed by atoms with van der Waals surface area (Å²) in [7, 11) is 0. The minimum absolute atomic E-state index is 0.296. The molecule has 3 atom stereocenters. The summed E-state index contributed by atoms with van der Waals surface area (Å²) in [6, 6.07) is 11.0. The average molecular weight is 327 g/mol. The Morgan fingerprint density at radius 3 is 2.75 bits per heavy atom. The fourth-order valence-electron chi connectivity index (χ4n) is 3.14. The van der Waals surface area contributed by atoms with Gasteiger partial charge >= 0.3 is 0 Å². The number of aliphatic hydroxyl groups is 1. The molecule has 6 heteroatoms. The fourth-order valence-corrected chi connectivity index (χ4v) is 3.14. The molecule has 0 bridgehead atoms. The minimum Gasteiger partial charge on any atom is -0.457 e. The first-order valence-corrected chi connectivity index (χ1v) is 7.92. The zero-order chi connectivity index (χ0) is 17.1. The Kier molecular flexibility index (Phi) is 4.69. The number of para-hydroxylation sites is 1. The van der Waals surface area contributed by atoms with Gasteiger partial charge in [-0.25, -0.2) is 4.39 Å². The lowest BCUT2D eigenvalue weighted by atomic mass is 9.83. The molecule has 1 aliphatic rings. The van der Waals surface area contributed by atoms with Gasteiger partial charge in [-0.3, -0.25) is 0 Å². The van der Waals surface area contributed by atoms with Gasteiger partial charge in [0, 0.05) is 16.4 Å². The number of nitrogens with zero attached hydrogens (tertiary/aromatic N) is 3. The summed E-state index contributed by atoms with van der Waals surface area (Å²) < 4.78 is 19.7. The van der Waals surface area contributed by atoms with E-state index in [1.807, 2.05) is 31.2 Å². The van der Waals surface area contributed by atoms with E-state index in [0.717, 1.165) is 5.56 Å². The molecule has 2 aromatic rings. The molecular weight excluding hydrogens is 309 g/mol. The Morgan fingerprint density at radius 1 is 1.25 bits per heavy atom. The molecule has 5 nitrogen and oxygen atoms in total. The second-order valence-corrected chi connectivity index (χ2v) is 5.88. The highest BCUT2D eigenvalue weighted by Crippen LogP contribution is 2.49. The van der Waals surface area contributed by atoms with Gasteiger partial charge in [-0.15, -0.1) is 0 Å². The van der Waals surface area contributed by atoms with Crippen LogP contribution < -0.4 is 4.74 Å². The van der Waals surface area contributed by atoms with Gasteiger partial charge in [0.1, 0.15) is 17.3 Å². The van der Waals surface area contributed by atoms with Crippen LogP contribution in [0.15, 0.2) is 47.6 Å². The van der Waals surface area contributed by atoms with Gasteiger partial charge in [0.15, 0.2) is 0 Å². The maximum atomic E-state index is 13.8. The van der Waals surface area contributed by atoms with E-state index in [-0.39, 0.29) is 5.92 Å². The Bertz CT molecular complexity index is 790. The van der Waals surface area contributed by atoms with Crippen LogP contribution in [0.5, 0.6) is 11.5 Å². The third-order valence-electron chi connectivity index (χ3n) is 4.38. The van der Waals surface area contributed by atoms with Gasteiger partial charge in [-0.05, 0) is 48.2 Å². The van der Waals surface area contributed by atoms with Crippen molar-refractivity contribution in [3.05, 3.63) is 69.9 Å². The molecule has 0 saturated heterocycles. The fraction of sp³-hybridized carbons (Fsp3) is 0.333. The lowest BCUT2D eigenvalue weighted by Crippen LogP contribution is -2.16. The van der Waals surface area contributed by atoms with Crippen LogP contribution >= 0.6 is 0 Å². The summed E-state index contributed by atoms with van der Waals surface area (Å²) in [5.74, 6) is 0.385. The molecule has 0 fully saturated rings. The molecule has 3 rings (SSSR count). The quantitative estimate of drug-likeness (QED) is 0.474. The van der Waals surface area contributed by atoms with E-state index in [4.69, 9.17) is 10.3 Å². The van der Waals surface area contributed by atoms with Gasteiger partial charge in [0.2, 0.25) is 0 Å². The maximum Gasteiger partial charge on any atom is 0.131 e. The first-order chi connectivity index (χ1) is 11.6. The number of fused-ring (bicyclic) bond motifs is 2. The summed E-state index contributed by atoms with van der Waals surface area (Å²) in [5.41, 5.74) is 10.4. The molecule has 0 radical (unpaired) electrons. The molecule has 0 spiro atoms. The van der Waals surface area contributed by atoms with Crippen molar-refractivity contribution in [1.29, 1.82) is 0 Å². The number of hydrogen-bond donors (Lipinski definition) is 1. The zero-order valence-corrected chi connectivity index (χ0v) is 13.3. The minimum atomic E-state index is -0.648. The number of benzene rings is 2. The molecule has 2 aromatic carbocycles. The first kappa shape index (κ1) is 16.3. The van der Waals surface area contributed by atoms with Gasteiger partial charge in [-0.1, -0.05) is 30.2 Å². The van der Waals surface area contributed by atoms with Crippen LogP contribution in [0, 0.1) is 5.82 Å². The third kappa shape index (κ3) is 3.07. The van der Waals surface area contributed by atoms with E-state index in [1.54, 1.807) is 6.07 Å². The second kappa shape index (κ2) is 6.91. The third-order valence-corrected chi connectivity index (χ3v) is 4.38. The number of ether oxygens (including phenoxy) is 1. The van der Waals surface area contributed by atoms with Crippen molar-refractivity contribution in [1.82, 2.24) is 0 Å². The number of rotatable bonds is 4. The van der Waals surface area contributed by atoms with Crippen LogP contribution in [-0.2, 0) is 0 Å². The molecule has 1 heterocycles. The summed E-state index contributed by atoms with van der Waals surface area (Å²) in [5, 5.41) is 14.1. The molecule has 24 heavy (non-hydrogen) atoms. The Labute approximate surface area is 139 Å². The van der Waals surface area contributed by atoms with E-state index >= 15 is 0 Å². The number of halogens is 1. The van der Waals surface area contributed by atoms with Crippen molar-refractivity contribution in [3.8, 4) is 11.5 Å². The van der Waals surface area contributed by atoms with Crippen molar-refractivity contribution < 1.29 is 14.2 Å². The molecule has 0 amide bonds. The number of azide groups is 1. The summed E-state index contributed by atoms with van der Waals surface area (Å²) in [4.78, 5) is 2.95. The normalized spacial score (nSPS) is 20.0. The van der Waals surface area contributed by atoms with E-state index in [9.17, 15) is 9.50 Å². The number of hydrogen-bond acceptors (Lipinski definition) is 3. The predicted octanol–water partition coefficient (Wildman–Crippen LogP) is 5.23. The van der Waals surface area contributed by atoms with Crippen LogP contribution in [-0.4, -0.2) is 11.2 Å². The monoisotopic (exact) mass is 327 g/mol. The Hall–Kier alpha value is -2.56. The smallest absolute Gasteiger partial charge is 0.131 e. The maximum absolute atomic E-state index is 13.8. The summed E-state index contributed by atoms with van der Waals surface area (Å²) in [6.45, 7) is 1.89. The van der Waals surface area contributed by atoms with Crippen LogP contribution in [0.4, 0.5) is 4.39 Å². The molecule has 0 aliphatic carbocycles. The number of aliphatic hydroxyl groups excluding tert-OH is 1. The van der Waals surface area contributed by atoms with Gasteiger partial charge in [0.25, 0.3) is 0 Å². The molecule has 1 N–H and O–H groups in total. The SMILES string of the molecule is CC[C@H](O)C[C@@H]1c2ccccc2Oc2ccc(F)cc2[C@H]1N=[N+]=[N-]. The molecule has 0 saturated carbocycles. The Balaban J connectivity index is 2.20. The lowest BCUT2D eigenvalue weighted by Gasteiger charge is -2.25. The van der Waals surface area contributed by atoms with Gasteiger partial charge in [0.05, 0.1) is 12.1 Å². The molecule has 1 aliphatic heterocycles. The van der Waals surface area contributed by atoms with Crippen LogP contribution in [0.3, 0.4) is 0 Å². The highest BCUT2D eigenvalue weighted by molar-refractivity contribution is 5.49. The van der Waals surface area contributed by atoms with Crippen LogP contribution in [0.2, 0.25) is 0 Å². The van der Waals surface area contributed by atoms with Gasteiger partial charge < -0.3 is 9.84 Å². The van der Waals surface area contributed by atoms with E-state index < -0.39 is 18.0 Å². The topological polar surface area (TPSA) is 78.2 Å². The van der Waals surface area contributed by atoms with E-state index in [0.29, 0.717) is 29.9 Å². The molecule has 124 valence electrons. The molecule has 0 aromatic heterocycles.